The summed E-state index contributed by atoms with van der Waals surface area (Å²) in [4.78, 5) is 0. The zero-order chi connectivity index (χ0) is 10.8. The van der Waals surface area contributed by atoms with Crippen LogP contribution in [0.3, 0.4) is 0 Å². The lowest BCUT2D eigenvalue weighted by Crippen LogP contribution is -2.07. The number of hydrogen-bond donors (Lipinski definition) is 1. The third-order valence-corrected chi connectivity index (χ3v) is 2.31. The molecule has 1 unspecified atom stereocenters. The van der Waals surface area contributed by atoms with Crippen molar-refractivity contribution in [2.45, 2.75) is 19.9 Å². The van der Waals surface area contributed by atoms with Gasteiger partial charge < -0.3 is 5.73 Å². The highest BCUT2D eigenvalue weighted by Gasteiger charge is 2.11. The van der Waals surface area contributed by atoms with Gasteiger partial charge in [-0.05, 0) is 26.0 Å². The fourth-order valence-corrected chi connectivity index (χ4v) is 1.51. The molecule has 0 aliphatic heterocycles. The molecule has 0 aromatic carbocycles. The maximum Gasteiger partial charge on any atom is 0.175 e. The molecule has 0 saturated carbocycles. The Morgan fingerprint density at radius 1 is 1.47 bits per heavy atom. The molecule has 2 rings (SSSR count). The Morgan fingerprint density at radius 2 is 2.27 bits per heavy atom. The molecular weight excluding hydrogens is 190 g/mol. The van der Waals surface area contributed by atoms with Gasteiger partial charge in [0, 0.05) is 23.5 Å². The van der Waals surface area contributed by atoms with E-state index in [1.165, 1.54) is 0 Å². The number of aromatic nitrogens is 4. The summed E-state index contributed by atoms with van der Waals surface area (Å²) < 4.78 is 1.74. The summed E-state index contributed by atoms with van der Waals surface area (Å²) >= 11 is 0. The number of nitrogens with zero attached hydrogens (tertiary/aromatic N) is 4. The molecule has 2 N–H and O–H groups in total. The van der Waals surface area contributed by atoms with Crippen molar-refractivity contribution in [3.63, 3.8) is 0 Å². The predicted molar refractivity (Wildman–Crippen MR) is 56.5 cm³/mol. The molecule has 0 spiro atoms. The van der Waals surface area contributed by atoms with Gasteiger partial charge in [0.05, 0.1) is 6.20 Å². The van der Waals surface area contributed by atoms with Crippen LogP contribution in [0.25, 0.3) is 5.82 Å². The van der Waals surface area contributed by atoms with Crippen LogP contribution in [-0.4, -0.2) is 20.0 Å². The largest absolute Gasteiger partial charge is 0.324 e. The van der Waals surface area contributed by atoms with E-state index < -0.39 is 0 Å². The van der Waals surface area contributed by atoms with Crippen molar-refractivity contribution in [2.24, 2.45) is 5.73 Å². The van der Waals surface area contributed by atoms with Crippen molar-refractivity contribution in [3.05, 3.63) is 35.8 Å². The van der Waals surface area contributed by atoms with E-state index >= 15 is 0 Å². The molecule has 5 heteroatoms. The minimum Gasteiger partial charge on any atom is -0.324 e. The van der Waals surface area contributed by atoms with Gasteiger partial charge in [0.15, 0.2) is 5.82 Å². The highest BCUT2D eigenvalue weighted by atomic mass is 15.3. The molecule has 2 aromatic heterocycles. The predicted octanol–water partition coefficient (Wildman–Crippen LogP) is 0.990. The Kier molecular flexibility index (Phi) is 2.47. The number of rotatable bonds is 2. The summed E-state index contributed by atoms with van der Waals surface area (Å²) in [5, 5.41) is 12.0. The van der Waals surface area contributed by atoms with Crippen molar-refractivity contribution < 1.29 is 0 Å². The zero-order valence-corrected chi connectivity index (χ0v) is 8.75. The fourth-order valence-electron chi connectivity index (χ4n) is 1.51. The van der Waals surface area contributed by atoms with Crippen molar-refractivity contribution in [1.82, 2.24) is 20.0 Å². The van der Waals surface area contributed by atoms with Gasteiger partial charge in [0.2, 0.25) is 0 Å². The zero-order valence-electron chi connectivity index (χ0n) is 8.75. The standard InChI is InChI=1S/C10H13N5/c1-7(11)9-6-13-15(8(9)2)10-4-3-5-12-14-10/h3-7H,11H2,1-2H3. The van der Waals surface area contributed by atoms with Crippen LogP contribution in [0.1, 0.15) is 24.2 Å². The van der Waals surface area contributed by atoms with Crippen molar-refractivity contribution in [1.29, 1.82) is 0 Å². The molecule has 15 heavy (non-hydrogen) atoms. The summed E-state index contributed by atoms with van der Waals surface area (Å²) in [5.74, 6) is 0.710. The molecule has 1 atom stereocenters. The van der Waals surface area contributed by atoms with E-state index in [0.717, 1.165) is 11.3 Å². The van der Waals surface area contributed by atoms with Crippen LogP contribution in [0.5, 0.6) is 0 Å². The van der Waals surface area contributed by atoms with Crippen molar-refractivity contribution in [2.75, 3.05) is 0 Å². The summed E-state index contributed by atoms with van der Waals surface area (Å²) in [6.07, 6.45) is 3.41. The van der Waals surface area contributed by atoms with Gasteiger partial charge in [0.25, 0.3) is 0 Å². The van der Waals surface area contributed by atoms with Gasteiger partial charge in [-0.1, -0.05) is 0 Å². The topological polar surface area (TPSA) is 69.6 Å². The van der Waals surface area contributed by atoms with Crippen molar-refractivity contribution >= 4 is 0 Å². The quantitative estimate of drug-likeness (QED) is 0.790. The molecule has 0 radical (unpaired) electrons. The lowest BCUT2D eigenvalue weighted by Gasteiger charge is -2.05. The Labute approximate surface area is 87.9 Å². The second-order valence-corrected chi connectivity index (χ2v) is 3.47. The Bertz CT molecular complexity index is 446. The average Bonchev–Trinajstić information content (AvgIpc) is 2.61. The van der Waals surface area contributed by atoms with E-state index in [-0.39, 0.29) is 6.04 Å². The number of nitrogens with two attached hydrogens (primary N) is 1. The van der Waals surface area contributed by atoms with Crippen molar-refractivity contribution in [3.8, 4) is 5.82 Å². The molecule has 0 fully saturated rings. The summed E-state index contributed by atoms with van der Waals surface area (Å²) in [7, 11) is 0. The molecular formula is C10H13N5. The van der Waals surface area contributed by atoms with Gasteiger partial charge in [-0.2, -0.15) is 10.2 Å². The van der Waals surface area contributed by atoms with Crippen LogP contribution in [-0.2, 0) is 0 Å². The van der Waals surface area contributed by atoms with E-state index in [0.29, 0.717) is 5.82 Å². The minimum absolute atomic E-state index is 0.0181. The minimum atomic E-state index is -0.0181. The van der Waals surface area contributed by atoms with Crippen LogP contribution in [0.15, 0.2) is 24.5 Å². The fraction of sp³-hybridized carbons (Fsp3) is 0.300. The van der Waals surface area contributed by atoms with Crippen LogP contribution < -0.4 is 5.73 Å². The molecule has 0 bridgehead atoms. The summed E-state index contributed by atoms with van der Waals surface area (Å²) in [5.41, 5.74) is 7.85. The molecule has 0 aliphatic carbocycles. The van der Waals surface area contributed by atoms with Crippen LogP contribution >= 0.6 is 0 Å². The molecule has 78 valence electrons. The second kappa shape index (κ2) is 3.78. The molecule has 0 saturated heterocycles. The van der Waals surface area contributed by atoms with E-state index in [1.807, 2.05) is 26.0 Å². The monoisotopic (exact) mass is 203 g/mol. The normalized spacial score (nSPS) is 12.7. The first-order valence-corrected chi connectivity index (χ1v) is 4.78. The van der Waals surface area contributed by atoms with Crippen LogP contribution in [0.4, 0.5) is 0 Å². The number of hydrogen-bond acceptors (Lipinski definition) is 4. The Balaban J connectivity index is 2.47. The Hall–Kier alpha value is -1.75. The van der Waals surface area contributed by atoms with Crippen LogP contribution in [0.2, 0.25) is 0 Å². The first-order valence-electron chi connectivity index (χ1n) is 4.78. The first kappa shape index (κ1) is 9.79. The molecule has 0 amide bonds. The SMILES string of the molecule is Cc1c(C(C)N)cnn1-c1cccnn1. The summed E-state index contributed by atoms with van der Waals surface area (Å²) in [6.45, 7) is 3.91. The maximum absolute atomic E-state index is 5.82. The van der Waals surface area contributed by atoms with Gasteiger partial charge in [0.1, 0.15) is 0 Å². The van der Waals surface area contributed by atoms with E-state index in [2.05, 4.69) is 15.3 Å². The third kappa shape index (κ3) is 1.73. The van der Waals surface area contributed by atoms with E-state index in [1.54, 1.807) is 17.1 Å². The Morgan fingerprint density at radius 3 is 2.80 bits per heavy atom. The molecule has 5 nitrogen and oxygen atoms in total. The highest BCUT2D eigenvalue weighted by molar-refractivity contribution is 5.28. The second-order valence-electron chi connectivity index (χ2n) is 3.47. The maximum atomic E-state index is 5.82. The van der Waals surface area contributed by atoms with Gasteiger partial charge >= 0.3 is 0 Å². The molecule has 0 aliphatic rings. The average molecular weight is 203 g/mol. The molecule has 2 aromatic rings. The molecule has 2 heterocycles. The van der Waals surface area contributed by atoms with E-state index in [4.69, 9.17) is 5.73 Å². The van der Waals surface area contributed by atoms with Gasteiger partial charge in [-0.15, -0.1) is 5.10 Å². The van der Waals surface area contributed by atoms with Gasteiger partial charge in [-0.3, -0.25) is 0 Å². The highest BCUT2D eigenvalue weighted by Crippen LogP contribution is 2.16. The third-order valence-electron chi connectivity index (χ3n) is 2.31. The van der Waals surface area contributed by atoms with E-state index in [9.17, 15) is 0 Å². The van der Waals surface area contributed by atoms with Gasteiger partial charge in [-0.25, -0.2) is 4.68 Å². The smallest absolute Gasteiger partial charge is 0.175 e. The lowest BCUT2D eigenvalue weighted by molar-refractivity contribution is 0.773. The first-order chi connectivity index (χ1) is 7.20. The lowest BCUT2D eigenvalue weighted by atomic mass is 10.1. The summed E-state index contributed by atoms with van der Waals surface area (Å²) in [6, 6.07) is 3.67. The van der Waals surface area contributed by atoms with Crippen LogP contribution in [0, 0.1) is 6.92 Å².